The van der Waals surface area contributed by atoms with Crippen molar-refractivity contribution in [2.24, 2.45) is 0 Å². The van der Waals surface area contributed by atoms with Crippen molar-refractivity contribution in [1.82, 2.24) is 0 Å². The summed E-state index contributed by atoms with van der Waals surface area (Å²) >= 11 is 0. The number of methoxy groups -OCH3 is 1. The van der Waals surface area contributed by atoms with E-state index in [2.05, 4.69) is 19.9 Å². The Morgan fingerprint density at radius 1 is 1.41 bits per heavy atom. The number of rotatable bonds is 6. The van der Waals surface area contributed by atoms with Crippen molar-refractivity contribution in [2.75, 3.05) is 7.11 Å². The van der Waals surface area contributed by atoms with Crippen molar-refractivity contribution in [1.29, 1.82) is 5.26 Å². The molecule has 1 rings (SSSR count). The molecule has 1 aromatic rings. The van der Waals surface area contributed by atoms with Gasteiger partial charge in [0, 0.05) is 5.56 Å². The molecular weight excluding hydrogens is 214 g/mol. The van der Waals surface area contributed by atoms with Crippen LogP contribution in [0.3, 0.4) is 0 Å². The van der Waals surface area contributed by atoms with Crippen LogP contribution in [0.2, 0.25) is 0 Å². The molecule has 0 heterocycles. The first-order valence-electron chi connectivity index (χ1n) is 5.89. The maximum absolute atomic E-state index is 8.86. The maximum Gasteiger partial charge on any atom is 0.124 e. The van der Waals surface area contributed by atoms with Gasteiger partial charge >= 0.3 is 0 Å². The maximum atomic E-state index is 8.86. The molecule has 92 valence electrons. The fourth-order valence-electron chi connectivity index (χ4n) is 1.68. The zero-order valence-electron chi connectivity index (χ0n) is 10.7. The summed E-state index contributed by atoms with van der Waals surface area (Å²) in [5.41, 5.74) is 1.56. The number of hydrogen-bond donors (Lipinski definition) is 0. The Labute approximate surface area is 103 Å². The predicted molar refractivity (Wildman–Crippen MR) is 66.9 cm³/mol. The molecule has 0 saturated carbocycles. The zero-order valence-corrected chi connectivity index (χ0v) is 10.7. The zero-order chi connectivity index (χ0) is 12.7. The summed E-state index contributed by atoms with van der Waals surface area (Å²) in [5, 5.41) is 8.86. The fraction of sp³-hybridized carbons (Fsp3) is 0.500. The van der Waals surface area contributed by atoms with Crippen molar-refractivity contribution in [3.8, 4) is 11.8 Å². The van der Waals surface area contributed by atoms with Crippen LogP contribution in [-0.2, 0) is 11.3 Å². The van der Waals surface area contributed by atoms with Gasteiger partial charge in [-0.25, -0.2) is 0 Å². The van der Waals surface area contributed by atoms with Crippen molar-refractivity contribution in [3.05, 3.63) is 29.3 Å². The Morgan fingerprint density at radius 3 is 2.76 bits per heavy atom. The first kappa shape index (κ1) is 13.5. The lowest BCUT2D eigenvalue weighted by molar-refractivity contribution is 0.0461. The topological polar surface area (TPSA) is 42.2 Å². The number of nitriles is 1. The SMILES string of the molecule is CCCC(C)OCc1cc(C#N)ccc1OC. The minimum absolute atomic E-state index is 0.232. The summed E-state index contributed by atoms with van der Waals surface area (Å²) < 4.78 is 11.0. The highest BCUT2D eigenvalue weighted by Crippen LogP contribution is 2.21. The highest BCUT2D eigenvalue weighted by atomic mass is 16.5. The lowest BCUT2D eigenvalue weighted by Gasteiger charge is -2.14. The van der Waals surface area contributed by atoms with E-state index in [0.717, 1.165) is 24.2 Å². The molecule has 0 fully saturated rings. The lowest BCUT2D eigenvalue weighted by Crippen LogP contribution is -2.08. The Bertz CT molecular complexity index is 396. The third-order valence-corrected chi connectivity index (χ3v) is 2.63. The van der Waals surface area contributed by atoms with Gasteiger partial charge in [-0.2, -0.15) is 5.26 Å². The molecule has 0 aliphatic heterocycles. The van der Waals surface area contributed by atoms with Crippen LogP contribution >= 0.6 is 0 Å². The highest BCUT2D eigenvalue weighted by Gasteiger charge is 2.07. The minimum Gasteiger partial charge on any atom is -0.496 e. The third-order valence-electron chi connectivity index (χ3n) is 2.63. The Morgan fingerprint density at radius 2 is 2.18 bits per heavy atom. The molecule has 3 nitrogen and oxygen atoms in total. The molecule has 0 spiro atoms. The first-order valence-corrected chi connectivity index (χ1v) is 5.89. The summed E-state index contributed by atoms with van der Waals surface area (Å²) in [5.74, 6) is 0.771. The molecule has 0 bridgehead atoms. The van der Waals surface area contributed by atoms with Crippen LogP contribution in [0.25, 0.3) is 0 Å². The standard InChI is InChI=1S/C14H19NO2/c1-4-5-11(2)17-10-13-8-12(9-15)6-7-14(13)16-3/h6-8,11H,4-5,10H2,1-3H3. The Balaban J connectivity index is 2.71. The van der Waals surface area contributed by atoms with Gasteiger partial charge in [0.2, 0.25) is 0 Å². The van der Waals surface area contributed by atoms with Gasteiger partial charge in [-0.3, -0.25) is 0 Å². The van der Waals surface area contributed by atoms with Crippen molar-refractivity contribution in [2.45, 2.75) is 39.4 Å². The van der Waals surface area contributed by atoms with Gasteiger partial charge < -0.3 is 9.47 Å². The Hall–Kier alpha value is -1.53. The molecule has 0 aliphatic rings. The van der Waals surface area contributed by atoms with Crippen molar-refractivity contribution >= 4 is 0 Å². The van der Waals surface area contributed by atoms with E-state index in [0.29, 0.717) is 12.2 Å². The van der Waals surface area contributed by atoms with E-state index in [4.69, 9.17) is 14.7 Å². The quantitative estimate of drug-likeness (QED) is 0.757. The normalized spacial score (nSPS) is 11.9. The monoisotopic (exact) mass is 233 g/mol. The molecule has 1 unspecified atom stereocenters. The van der Waals surface area contributed by atoms with E-state index < -0.39 is 0 Å². The van der Waals surface area contributed by atoms with Gasteiger partial charge in [0.25, 0.3) is 0 Å². The van der Waals surface area contributed by atoms with Crippen molar-refractivity contribution in [3.63, 3.8) is 0 Å². The van der Waals surface area contributed by atoms with E-state index >= 15 is 0 Å². The average molecular weight is 233 g/mol. The average Bonchev–Trinajstić information content (AvgIpc) is 2.36. The van der Waals surface area contributed by atoms with Crippen LogP contribution in [0.4, 0.5) is 0 Å². The molecule has 3 heteroatoms. The van der Waals surface area contributed by atoms with Gasteiger partial charge in [0.1, 0.15) is 5.75 Å². The van der Waals surface area contributed by atoms with Crippen molar-refractivity contribution < 1.29 is 9.47 Å². The molecule has 0 aliphatic carbocycles. The molecule has 0 amide bonds. The smallest absolute Gasteiger partial charge is 0.124 e. The molecule has 0 N–H and O–H groups in total. The summed E-state index contributed by atoms with van der Waals surface area (Å²) in [4.78, 5) is 0. The highest BCUT2D eigenvalue weighted by molar-refractivity contribution is 5.41. The summed E-state index contributed by atoms with van der Waals surface area (Å²) in [6, 6.07) is 7.49. The number of hydrogen-bond acceptors (Lipinski definition) is 3. The molecule has 17 heavy (non-hydrogen) atoms. The van der Waals surface area contributed by atoms with Crippen LogP contribution in [0.1, 0.15) is 37.8 Å². The lowest BCUT2D eigenvalue weighted by atomic mass is 10.1. The van der Waals surface area contributed by atoms with E-state index in [-0.39, 0.29) is 6.10 Å². The molecule has 0 saturated heterocycles. The van der Waals surface area contributed by atoms with Gasteiger partial charge in [-0.1, -0.05) is 13.3 Å². The summed E-state index contributed by atoms with van der Waals surface area (Å²) in [6.07, 6.45) is 2.38. The second-order valence-corrected chi connectivity index (χ2v) is 4.05. The predicted octanol–water partition coefficient (Wildman–Crippen LogP) is 3.27. The number of benzene rings is 1. The number of ether oxygens (including phenoxy) is 2. The molecule has 0 radical (unpaired) electrons. The van der Waals surface area contributed by atoms with Crippen LogP contribution in [0.5, 0.6) is 5.75 Å². The van der Waals surface area contributed by atoms with Crippen LogP contribution in [-0.4, -0.2) is 13.2 Å². The molecule has 1 aromatic carbocycles. The van der Waals surface area contributed by atoms with Gasteiger partial charge in [-0.15, -0.1) is 0 Å². The second-order valence-electron chi connectivity index (χ2n) is 4.05. The van der Waals surface area contributed by atoms with E-state index in [9.17, 15) is 0 Å². The Kier molecular flexibility index (Phi) is 5.51. The summed E-state index contributed by atoms with van der Waals surface area (Å²) in [6.45, 7) is 4.68. The molecule has 1 atom stereocenters. The summed E-state index contributed by atoms with van der Waals surface area (Å²) in [7, 11) is 1.63. The van der Waals surface area contributed by atoms with Gasteiger partial charge in [0.15, 0.2) is 0 Å². The van der Waals surface area contributed by atoms with Gasteiger partial charge in [-0.05, 0) is 31.5 Å². The first-order chi connectivity index (χ1) is 8.21. The van der Waals surface area contributed by atoms with E-state index in [1.807, 2.05) is 12.1 Å². The van der Waals surface area contributed by atoms with E-state index in [1.54, 1.807) is 13.2 Å². The largest absolute Gasteiger partial charge is 0.496 e. The van der Waals surface area contributed by atoms with Crippen LogP contribution in [0, 0.1) is 11.3 Å². The fourth-order valence-corrected chi connectivity index (χ4v) is 1.68. The van der Waals surface area contributed by atoms with Gasteiger partial charge in [0.05, 0.1) is 31.5 Å². The van der Waals surface area contributed by atoms with Crippen LogP contribution in [0.15, 0.2) is 18.2 Å². The van der Waals surface area contributed by atoms with Crippen LogP contribution < -0.4 is 4.74 Å². The molecule has 0 aromatic heterocycles. The van der Waals surface area contributed by atoms with E-state index in [1.165, 1.54) is 0 Å². The minimum atomic E-state index is 0.232. The second kappa shape index (κ2) is 6.93. The number of nitrogens with zero attached hydrogens (tertiary/aromatic N) is 1. The molecular formula is C14H19NO2. The third kappa shape index (κ3) is 4.08.